The maximum atomic E-state index is 11.9. The lowest BCUT2D eigenvalue weighted by Gasteiger charge is -2.15. The summed E-state index contributed by atoms with van der Waals surface area (Å²) in [6, 6.07) is 1.73. The fourth-order valence-corrected chi connectivity index (χ4v) is 2.17. The van der Waals surface area contributed by atoms with Gasteiger partial charge in [0.15, 0.2) is 0 Å². The molecule has 104 valence electrons. The van der Waals surface area contributed by atoms with Gasteiger partial charge in [0, 0.05) is 31.7 Å². The Balaban J connectivity index is 1.83. The maximum absolute atomic E-state index is 11.9. The van der Waals surface area contributed by atoms with E-state index in [0.717, 1.165) is 25.8 Å². The van der Waals surface area contributed by atoms with Crippen LogP contribution in [-0.2, 0) is 11.3 Å². The van der Waals surface area contributed by atoms with E-state index in [1.54, 1.807) is 16.9 Å². The smallest absolute Gasteiger partial charge is 0.271 e. The van der Waals surface area contributed by atoms with Gasteiger partial charge in [-0.05, 0) is 25.8 Å². The Morgan fingerprint density at radius 1 is 1.58 bits per heavy atom. The van der Waals surface area contributed by atoms with Crippen LogP contribution in [-0.4, -0.2) is 34.2 Å². The van der Waals surface area contributed by atoms with E-state index in [1.165, 1.54) is 0 Å². The number of hydrogen-bond acceptors (Lipinski definition) is 3. The van der Waals surface area contributed by atoms with Crippen LogP contribution in [0.1, 0.15) is 43.1 Å². The van der Waals surface area contributed by atoms with Gasteiger partial charge in [0.05, 0.1) is 0 Å². The molecule has 1 fully saturated rings. The molecule has 1 unspecified atom stereocenters. The number of carbonyl (C=O) groups is 2. The van der Waals surface area contributed by atoms with Gasteiger partial charge in [-0.2, -0.15) is 5.10 Å². The molecule has 1 saturated heterocycles. The van der Waals surface area contributed by atoms with Crippen molar-refractivity contribution in [2.45, 2.75) is 45.2 Å². The minimum Gasteiger partial charge on any atom is -0.352 e. The molecule has 2 amide bonds. The van der Waals surface area contributed by atoms with Crippen LogP contribution >= 0.6 is 0 Å². The molecule has 0 saturated carbocycles. The fourth-order valence-electron chi connectivity index (χ4n) is 2.17. The summed E-state index contributed by atoms with van der Waals surface area (Å²) in [5.74, 6) is -0.113. The Labute approximate surface area is 112 Å². The molecule has 0 spiro atoms. The summed E-state index contributed by atoms with van der Waals surface area (Å²) in [5.41, 5.74) is 0.418. The second kappa shape index (κ2) is 6.36. The predicted molar refractivity (Wildman–Crippen MR) is 70.6 cm³/mol. The van der Waals surface area contributed by atoms with Crippen molar-refractivity contribution in [3.8, 4) is 0 Å². The van der Waals surface area contributed by atoms with Crippen LogP contribution in [0.25, 0.3) is 0 Å². The molecule has 0 radical (unpaired) electrons. The summed E-state index contributed by atoms with van der Waals surface area (Å²) in [6.07, 6.45) is 5.23. The van der Waals surface area contributed by atoms with E-state index in [0.29, 0.717) is 18.7 Å². The van der Waals surface area contributed by atoms with Crippen molar-refractivity contribution < 1.29 is 9.59 Å². The summed E-state index contributed by atoms with van der Waals surface area (Å²) in [5, 5.41) is 9.89. The number of hydrogen-bond donors (Lipinski definition) is 2. The molecule has 0 bridgehead atoms. The lowest BCUT2D eigenvalue weighted by Crippen LogP contribution is -2.42. The van der Waals surface area contributed by atoms with Gasteiger partial charge >= 0.3 is 0 Å². The molecule has 19 heavy (non-hydrogen) atoms. The molecule has 1 aromatic heterocycles. The third-order valence-electron chi connectivity index (χ3n) is 3.28. The Morgan fingerprint density at radius 3 is 3.16 bits per heavy atom. The number of nitrogens with one attached hydrogen (secondary N) is 2. The number of rotatable bonds is 4. The molecular weight excluding hydrogens is 244 g/mol. The van der Waals surface area contributed by atoms with Crippen LogP contribution in [0.15, 0.2) is 12.3 Å². The number of nitrogens with zero attached hydrogens (tertiary/aromatic N) is 2. The average Bonchev–Trinajstić information content (AvgIpc) is 2.79. The van der Waals surface area contributed by atoms with Crippen molar-refractivity contribution in [2.24, 2.45) is 0 Å². The van der Waals surface area contributed by atoms with Crippen molar-refractivity contribution >= 4 is 11.8 Å². The van der Waals surface area contributed by atoms with E-state index in [9.17, 15) is 9.59 Å². The molecule has 0 aromatic carbocycles. The highest BCUT2D eigenvalue weighted by molar-refractivity contribution is 5.92. The third kappa shape index (κ3) is 3.81. The number of amides is 2. The molecule has 0 aliphatic carbocycles. The molecule has 2 N–H and O–H groups in total. The molecule has 1 aliphatic heterocycles. The van der Waals surface area contributed by atoms with Crippen molar-refractivity contribution in [1.29, 1.82) is 0 Å². The van der Waals surface area contributed by atoms with Crippen LogP contribution in [0, 0.1) is 0 Å². The molecule has 1 aliphatic rings. The van der Waals surface area contributed by atoms with E-state index in [1.807, 2.05) is 6.92 Å². The lowest BCUT2D eigenvalue weighted by atomic mass is 10.1. The lowest BCUT2D eigenvalue weighted by molar-refractivity contribution is -0.121. The summed E-state index contributed by atoms with van der Waals surface area (Å²) in [7, 11) is 0. The summed E-state index contributed by atoms with van der Waals surface area (Å²) in [4.78, 5) is 23.3. The van der Waals surface area contributed by atoms with Crippen LogP contribution in [0.3, 0.4) is 0 Å². The van der Waals surface area contributed by atoms with Gasteiger partial charge in [-0.15, -0.1) is 0 Å². The SMILES string of the molecule is CCn1ccc(C(=O)NCC2CCCCC(=O)N2)n1. The first-order chi connectivity index (χ1) is 9.19. The van der Waals surface area contributed by atoms with E-state index in [-0.39, 0.29) is 17.9 Å². The second-order valence-electron chi connectivity index (χ2n) is 4.78. The zero-order valence-corrected chi connectivity index (χ0v) is 11.2. The predicted octanol–water partition coefficient (Wildman–Crippen LogP) is 0.692. The number of aromatic nitrogens is 2. The van der Waals surface area contributed by atoms with Crippen molar-refractivity contribution in [3.63, 3.8) is 0 Å². The molecule has 2 rings (SSSR count). The quantitative estimate of drug-likeness (QED) is 0.840. The molecular formula is C13H20N4O2. The van der Waals surface area contributed by atoms with E-state index in [2.05, 4.69) is 15.7 Å². The van der Waals surface area contributed by atoms with Crippen molar-refractivity contribution in [2.75, 3.05) is 6.54 Å². The van der Waals surface area contributed by atoms with Crippen LogP contribution < -0.4 is 10.6 Å². The molecule has 6 heteroatoms. The highest BCUT2D eigenvalue weighted by Gasteiger charge is 2.17. The van der Waals surface area contributed by atoms with Gasteiger partial charge < -0.3 is 10.6 Å². The minimum atomic E-state index is -0.189. The van der Waals surface area contributed by atoms with Gasteiger partial charge in [-0.3, -0.25) is 14.3 Å². The van der Waals surface area contributed by atoms with Crippen molar-refractivity contribution in [3.05, 3.63) is 18.0 Å². The Bertz CT molecular complexity index is 455. The normalized spacial score (nSPS) is 19.6. The average molecular weight is 264 g/mol. The van der Waals surface area contributed by atoms with Gasteiger partial charge in [-0.1, -0.05) is 6.42 Å². The number of aryl methyl sites for hydroxylation is 1. The Morgan fingerprint density at radius 2 is 2.42 bits per heavy atom. The molecule has 2 heterocycles. The summed E-state index contributed by atoms with van der Waals surface area (Å²) in [6.45, 7) is 3.17. The van der Waals surface area contributed by atoms with Gasteiger partial charge in [0.2, 0.25) is 5.91 Å². The Kier molecular flexibility index (Phi) is 4.54. The molecule has 6 nitrogen and oxygen atoms in total. The monoisotopic (exact) mass is 264 g/mol. The van der Waals surface area contributed by atoms with Crippen LogP contribution in [0.2, 0.25) is 0 Å². The standard InChI is InChI=1S/C13H20N4O2/c1-2-17-8-7-11(16-17)13(19)14-9-10-5-3-4-6-12(18)15-10/h7-8,10H,2-6,9H2,1H3,(H,14,19)(H,15,18). The summed E-state index contributed by atoms with van der Waals surface area (Å²) < 4.78 is 1.71. The highest BCUT2D eigenvalue weighted by Crippen LogP contribution is 2.08. The van der Waals surface area contributed by atoms with E-state index in [4.69, 9.17) is 0 Å². The van der Waals surface area contributed by atoms with E-state index < -0.39 is 0 Å². The maximum Gasteiger partial charge on any atom is 0.271 e. The summed E-state index contributed by atoms with van der Waals surface area (Å²) >= 11 is 0. The van der Waals surface area contributed by atoms with Crippen LogP contribution in [0.4, 0.5) is 0 Å². The van der Waals surface area contributed by atoms with Gasteiger partial charge in [-0.25, -0.2) is 0 Å². The topological polar surface area (TPSA) is 76.0 Å². The zero-order valence-electron chi connectivity index (χ0n) is 11.2. The third-order valence-corrected chi connectivity index (χ3v) is 3.28. The highest BCUT2D eigenvalue weighted by atomic mass is 16.2. The van der Waals surface area contributed by atoms with Gasteiger partial charge in [0.25, 0.3) is 5.91 Å². The first kappa shape index (κ1) is 13.6. The fraction of sp³-hybridized carbons (Fsp3) is 0.615. The van der Waals surface area contributed by atoms with Crippen molar-refractivity contribution in [1.82, 2.24) is 20.4 Å². The van der Waals surface area contributed by atoms with E-state index >= 15 is 0 Å². The number of carbonyl (C=O) groups excluding carboxylic acids is 2. The van der Waals surface area contributed by atoms with Crippen LogP contribution in [0.5, 0.6) is 0 Å². The molecule has 1 atom stereocenters. The first-order valence-electron chi connectivity index (χ1n) is 6.80. The minimum absolute atomic E-state index is 0.0345. The van der Waals surface area contributed by atoms with Gasteiger partial charge in [0.1, 0.15) is 5.69 Å². The second-order valence-corrected chi connectivity index (χ2v) is 4.78. The largest absolute Gasteiger partial charge is 0.352 e. The molecule has 1 aromatic rings. The zero-order chi connectivity index (χ0) is 13.7. The Hall–Kier alpha value is -1.85. The first-order valence-corrected chi connectivity index (χ1v) is 6.80.